The number of hydrogen-bond donors (Lipinski definition) is 2. The molecule has 0 spiro atoms. The number of rotatable bonds is 3. The van der Waals surface area contributed by atoms with E-state index >= 15 is 0 Å². The van der Waals surface area contributed by atoms with Gasteiger partial charge in [0.15, 0.2) is 0 Å². The third kappa shape index (κ3) is 3.47. The van der Waals surface area contributed by atoms with Gasteiger partial charge in [-0.05, 0) is 48.9 Å². The molecular formula is C14H12BrClN2S. The van der Waals surface area contributed by atoms with E-state index in [1.54, 1.807) is 0 Å². The van der Waals surface area contributed by atoms with Gasteiger partial charge in [0.1, 0.15) is 4.99 Å². The molecule has 5 heteroatoms. The first-order chi connectivity index (χ1) is 8.97. The molecule has 0 radical (unpaired) electrons. The fourth-order valence-corrected chi connectivity index (χ4v) is 2.44. The van der Waals surface area contributed by atoms with Gasteiger partial charge in [-0.25, -0.2) is 0 Å². The highest BCUT2D eigenvalue weighted by Gasteiger charge is 2.05. The molecule has 0 atom stereocenters. The van der Waals surface area contributed by atoms with Crippen LogP contribution in [0.2, 0.25) is 5.02 Å². The molecule has 2 aromatic rings. The summed E-state index contributed by atoms with van der Waals surface area (Å²) in [6.07, 6.45) is 0. The minimum atomic E-state index is 0.302. The molecular weight excluding hydrogens is 344 g/mol. The quantitative estimate of drug-likeness (QED) is 0.778. The number of hydrogen-bond acceptors (Lipinski definition) is 2. The van der Waals surface area contributed by atoms with Gasteiger partial charge in [0.05, 0.1) is 5.02 Å². The number of halogens is 2. The maximum Gasteiger partial charge on any atom is 0.105 e. The molecule has 2 rings (SSSR count). The molecule has 2 nitrogen and oxygen atoms in total. The van der Waals surface area contributed by atoms with Crippen molar-refractivity contribution in [3.63, 3.8) is 0 Å². The maximum absolute atomic E-state index is 6.13. The van der Waals surface area contributed by atoms with Gasteiger partial charge in [-0.3, -0.25) is 0 Å². The van der Waals surface area contributed by atoms with Crippen molar-refractivity contribution in [2.75, 3.05) is 5.32 Å². The molecule has 0 saturated heterocycles. The van der Waals surface area contributed by atoms with E-state index in [1.807, 2.05) is 37.3 Å². The average Bonchev–Trinajstić information content (AvgIpc) is 2.33. The molecule has 0 amide bonds. The largest absolute Gasteiger partial charge is 0.389 e. The standard InChI is InChI=1S/C14H12BrClN2S/c1-8-6-9(3-5-12(8)15)18-10-2-4-11(14(17)19)13(16)7-10/h2-7,18H,1H3,(H2,17,19). The minimum absolute atomic E-state index is 0.302. The number of benzene rings is 2. The van der Waals surface area contributed by atoms with Gasteiger partial charge in [0, 0.05) is 21.4 Å². The van der Waals surface area contributed by atoms with Crippen molar-refractivity contribution in [1.29, 1.82) is 0 Å². The highest BCUT2D eigenvalue weighted by atomic mass is 79.9. The van der Waals surface area contributed by atoms with Crippen molar-refractivity contribution in [1.82, 2.24) is 0 Å². The van der Waals surface area contributed by atoms with Crippen molar-refractivity contribution in [3.05, 3.63) is 57.0 Å². The molecule has 98 valence electrons. The summed E-state index contributed by atoms with van der Waals surface area (Å²) in [6.45, 7) is 2.04. The Bertz CT molecular complexity index is 643. The van der Waals surface area contributed by atoms with Crippen molar-refractivity contribution < 1.29 is 0 Å². The minimum Gasteiger partial charge on any atom is -0.389 e. The summed E-state index contributed by atoms with van der Waals surface area (Å²) in [5.74, 6) is 0. The topological polar surface area (TPSA) is 38.0 Å². The van der Waals surface area contributed by atoms with Crippen LogP contribution in [-0.2, 0) is 0 Å². The predicted octanol–water partition coefficient (Wildman–Crippen LogP) is 4.79. The number of nitrogens with one attached hydrogen (secondary N) is 1. The van der Waals surface area contributed by atoms with Crippen LogP contribution in [0.3, 0.4) is 0 Å². The Hall–Kier alpha value is -1.10. The van der Waals surface area contributed by atoms with Gasteiger partial charge >= 0.3 is 0 Å². The van der Waals surface area contributed by atoms with E-state index in [0.29, 0.717) is 15.6 Å². The van der Waals surface area contributed by atoms with E-state index in [4.69, 9.17) is 29.6 Å². The van der Waals surface area contributed by atoms with Gasteiger partial charge in [-0.15, -0.1) is 0 Å². The van der Waals surface area contributed by atoms with Crippen molar-refractivity contribution in [2.45, 2.75) is 6.92 Å². The van der Waals surface area contributed by atoms with E-state index in [-0.39, 0.29) is 0 Å². The van der Waals surface area contributed by atoms with Crippen LogP contribution >= 0.6 is 39.7 Å². The van der Waals surface area contributed by atoms with Gasteiger partial charge in [0.2, 0.25) is 0 Å². The molecule has 0 unspecified atom stereocenters. The van der Waals surface area contributed by atoms with Gasteiger partial charge in [-0.1, -0.05) is 39.7 Å². The van der Waals surface area contributed by atoms with Crippen LogP contribution in [0.25, 0.3) is 0 Å². The lowest BCUT2D eigenvalue weighted by molar-refractivity contribution is 1.41. The first-order valence-corrected chi connectivity index (χ1v) is 7.18. The molecule has 0 aliphatic rings. The third-order valence-corrected chi connectivity index (χ3v) is 4.10. The van der Waals surface area contributed by atoms with Gasteiger partial charge < -0.3 is 11.1 Å². The molecule has 0 aliphatic heterocycles. The second kappa shape index (κ2) is 5.90. The van der Waals surface area contributed by atoms with Crippen LogP contribution < -0.4 is 11.1 Å². The maximum atomic E-state index is 6.13. The van der Waals surface area contributed by atoms with E-state index in [1.165, 1.54) is 0 Å². The van der Waals surface area contributed by atoms with Crippen molar-refractivity contribution in [3.8, 4) is 0 Å². The van der Waals surface area contributed by atoms with Crippen LogP contribution in [0.15, 0.2) is 40.9 Å². The van der Waals surface area contributed by atoms with Crippen LogP contribution in [0.4, 0.5) is 11.4 Å². The summed E-state index contributed by atoms with van der Waals surface area (Å²) in [5.41, 5.74) is 9.32. The van der Waals surface area contributed by atoms with Crippen LogP contribution in [0.1, 0.15) is 11.1 Å². The Morgan fingerprint density at radius 2 is 1.84 bits per heavy atom. The van der Waals surface area contributed by atoms with Crippen LogP contribution in [-0.4, -0.2) is 4.99 Å². The second-order valence-electron chi connectivity index (χ2n) is 4.15. The first kappa shape index (κ1) is 14.3. The normalized spacial score (nSPS) is 10.3. The van der Waals surface area contributed by atoms with E-state index in [2.05, 4.69) is 27.3 Å². The summed E-state index contributed by atoms with van der Waals surface area (Å²) < 4.78 is 1.08. The number of anilines is 2. The molecule has 0 saturated carbocycles. The van der Waals surface area contributed by atoms with Crippen molar-refractivity contribution in [2.24, 2.45) is 5.73 Å². The fraction of sp³-hybridized carbons (Fsp3) is 0.0714. The Balaban J connectivity index is 2.26. The Kier molecular flexibility index (Phi) is 4.45. The SMILES string of the molecule is Cc1cc(Nc2ccc(C(N)=S)c(Cl)c2)ccc1Br. The first-order valence-electron chi connectivity index (χ1n) is 5.60. The zero-order valence-electron chi connectivity index (χ0n) is 10.2. The molecule has 0 fully saturated rings. The molecule has 3 N–H and O–H groups in total. The van der Waals surface area contributed by atoms with E-state index in [0.717, 1.165) is 21.4 Å². The smallest absolute Gasteiger partial charge is 0.105 e. The number of thiocarbonyl (C=S) groups is 1. The molecule has 2 aromatic carbocycles. The molecule has 0 heterocycles. The zero-order chi connectivity index (χ0) is 14.0. The second-order valence-corrected chi connectivity index (χ2v) is 5.85. The summed E-state index contributed by atoms with van der Waals surface area (Å²) in [6, 6.07) is 11.6. The Morgan fingerprint density at radius 3 is 2.42 bits per heavy atom. The highest BCUT2D eigenvalue weighted by Crippen LogP contribution is 2.26. The summed E-state index contributed by atoms with van der Waals surface area (Å²) in [4.78, 5) is 0.302. The summed E-state index contributed by atoms with van der Waals surface area (Å²) in [5, 5.41) is 3.84. The predicted molar refractivity (Wildman–Crippen MR) is 89.5 cm³/mol. The van der Waals surface area contributed by atoms with E-state index < -0.39 is 0 Å². The van der Waals surface area contributed by atoms with Gasteiger partial charge in [-0.2, -0.15) is 0 Å². The van der Waals surface area contributed by atoms with E-state index in [9.17, 15) is 0 Å². The molecule has 0 aliphatic carbocycles. The Labute approximate surface area is 131 Å². The van der Waals surface area contributed by atoms with Gasteiger partial charge in [0.25, 0.3) is 0 Å². The lowest BCUT2D eigenvalue weighted by Crippen LogP contribution is -2.09. The fourth-order valence-electron chi connectivity index (χ4n) is 1.68. The lowest BCUT2D eigenvalue weighted by Gasteiger charge is -2.10. The number of aryl methyl sites for hydroxylation is 1. The van der Waals surface area contributed by atoms with Crippen LogP contribution in [0, 0.1) is 6.92 Å². The summed E-state index contributed by atoms with van der Waals surface area (Å²) in [7, 11) is 0. The molecule has 19 heavy (non-hydrogen) atoms. The third-order valence-electron chi connectivity index (χ3n) is 2.68. The highest BCUT2D eigenvalue weighted by molar-refractivity contribution is 9.10. The zero-order valence-corrected chi connectivity index (χ0v) is 13.4. The Morgan fingerprint density at radius 1 is 1.21 bits per heavy atom. The monoisotopic (exact) mass is 354 g/mol. The lowest BCUT2D eigenvalue weighted by atomic mass is 10.2. The molecule has 0 bridgehead atoms. The van der Waals surface area contributed by atoms with Crippen molar-refractivity contribution >= 4 is 56.1 Å². The summed E-state index contributed by atoms with van der Waals surface area (Å²) >= 11 is 14.5. The molecule has 0 aromatic heterocycles. The van der Waals surface area contributed by atoms with Crippen LogP contribution in [0.5, 0.6) is 0 Å². The number of nitrogens with two attached hydrogens (primary N) is 1. The average molecular weight is 356 g/mol.